The number of nitrogens with one attached hydrogen (secondary N) is 1. The van der Waals surface area contributed by atoms with E-state index in [0.717, 1.165) is 32.2 Å². The van der Waals surface area contributed by atoms with Crippen molar-refractivity contribution in [2.75, 3.05) is 20.2 Å². The Morgan fingerprint density at radius 1 is 1.17 bits per heavy atom. The van der Waals surface area contributed by atoms with Crippen LogP contribution in [0, 0.1) is 5.92 Å². The van der Waals surface area contributed by atoms with Crippen molar-refractivity contribution in [3.8, 4) is 0 Å². The molecule has 1 aliphatic carbocycles. The Labute approximate surface area is 108 Å². The topological polar surface area (TPSA) is 58.6 Å². The third kappa shape index (κ3) is 3.15. The molecule has 2 fully saturated rings. The number of ether oxygens (including phenoxy) is 1. The number of rotatable bonds is 2. The fraction of sp³-hybridized carbons (Fsp3) is 0.846. The smallest absolute Gasteiger partial charge is 0.317 e. The van der Waals surface area contributed by atoms with E-state index < -0.39 is 0 Å². The Morgan fingerprint density at radius 3 is 2.56 bits per heavy atom. The van der Waals surface area contributed by atoms with Crippen LogP contribution in [0.1, 0.15) is 38.5 Å². The first-order valence-electron chi connectivity index (χ1n) is 6.84. The molecule has 5 nitrogen and oxygen atoms in total. The monoisotopic (exact) mass is 254 g/mol. The van der Waals surface area contributed by atoms with Crippen LogP contribution in [0.2, 0.25) is 0 Å². The lowest BCUT2D eigenvalue weighted by molar-refractivity contribution is -0.146. The highest BCUT2D eigenvalue weighted by Gasteiger charge is 2.30. The van der Waals surface area contributed by atoms with Crippen LogP contribution in [-0.4, -0.2) is 43.1 Å². The molecule has 0 aromatic heterocycles. The third-order valence-electron chi connectivity index (χ3n) is 3.93. The predicted octanol–water partition coefficient (Wildman–Crippen LogP) is 1.52. The minimum atomic E-state index is -0.201. The van der Waals surface area contributed by atoms with E-state index >= 15 is 0 Å². The molecule has 1 N–H and O–H groups in total. The van der Waals surface area contributed by atoms with Crippen molar-refractivity contribution in [3.05, 3.63) is 0 Å². The lowest BCUT2D eigenvalue weighted by atomic mass is 9.98. The van der Waals surface area contributed by atoms with Crippen LogP contribution in [0.15, 0.2) is 0 Å². The van der Waals surface area contributed by atoms with E-state index in [0.29, 0.717) is 12.6 Å². The number of nitrogens with zero attached hydrogens (tertiary/aromatic N) is 1. The van der Waals surface area contributed by atoms with Crippen LogP contribution in [0.4, 0.5) is 4.79 Å². The van der Waals surface area contributed by atoms with Crippen LogP contribution >= 0.6 is 0 Å². The summed E-state index contributed by atoms with van der Waals surface area (Å²) in [5.74, 6) is -0.355. The number of urea groups is 1. The maximum atomic E-state index is 12.1. The van der Waals surface area contributed by atoms with Gasteiger partial charge in [0, 0.05) is 19.1 Å². The molecule has 1 aliphatic heterocycles. The van der Waals surface area contributed by atoms with E-state index in [1.54, 1.807) is 4.90 Å². The number of carbonyl (C=O) groups is 2. The number of methoxy groups -OCH3 is 1. The van der Waals surface area contributed by atoms with Gasteiger partial charge in [0.2, 0.25) is 0 Å². The van der Waals surface area contributed by atoms with Gasteiger partial charge in [-0.15, -0.1) is 0 Å². The summed E-state index contributed by atoms with van der Waals surface area (Å²) >= 11 is 0. The first-order chi connectivity index (χ1) is 8.70. The standard InChI is InChI=1S/C13H22N2O3/c1-18-12(16)10-5-4-8-15(9-10)13(17)14-11-6-2-3-7-11/h10-11H,2-9H2,1H3,(H,14,17). The predicted molar refractivity (Wildman–Crippen MR) is 67.1 cm³/mol. The van der Waals surface area contributed by atoms with Crippen molar-refractivity contribution in [2.24, 2.45) is 5.92 Å². The van der Waals surface area contributed by atoms with Crippen molar-refractivity contribution in [2.45, 2.75) is 44.6 Å². The van der Waals surface area contributed by atoms with Gasteiger partial charge in [-0.05, 0) is 25.7 Å². The first-order valence-corrected chi connectivity index (χ1v) is 6.84. The molecule has 1 heterocycles. The lowest BCUT2D eigenvalue weighted by Crippen LogP contribution is -2.49. The van der Waals surface area contributed by atoms with Crippen molar-refractivity contribution >= 4 is 12.0 Å². The number of amides is 2. The van der Waals surface area contributed by atoms with Crippen molar-refractivity contribution in [1.82, 2.24) is 10.2 Å². The van der Waals surface area contributed by atoms with Gasteiger partial charge in [-0.2, -0.15) is 0 Å². The fourth-order valence-electron chi connectivity index (χ4n) is 2.86. The van der Waals surface area contributed by atoms with Crippen LogP contribution in [-0.2, 0) is 9.53 Å². The molecule has 1 unspecified atom stereocenters. The maximum Gasteiger partial charge on any atom is 0.317 e. The Kier molecular flexibility index (Phi) is 4.44. The molecule has 2 amide bonds. The second kappa shape index (κ2) is 6.07. The van der Waals surface area contributed by atoms with Gasteiger partial charge in [0.1, 0.15) is 0 Å². The first kappa shape index (κ1) is 13.2. The maximum absolute atomic E-state index is 12.1. The highest BCUT2D eigenvalue weighted by molar-refractivity contribution is 5.77. The molecule has 2 aliphatic rings. The molecule has 1 saturated heterocycles. The normalized spacial score (nSPS) is 24.9. The zero-order valence-electron chi connectivity index (χ0n) is 11.0. The zero-order valence-corrected chi connectivity index (χ0v) is 11.0. The largest absolute Gasteiger partial charge is 0.469 e. The van der Waals surface area contributed by atoms with E-state index in [2.05, 4.69) is 5.32 Å². The number of hydrogen-bond acceptors (Lipinski definition) is 3. The molecule has 5 heteroatoms. The van der Waals surface area contributed by atoms with Crippen LogP contribution < -0.4 is 5.32 Å². The quantitative estimate of drug-likeness (QED) is 0.760. The van der Waals surface area contributed by atoms with E-state index in [9.17, 15) is 9.59 Å². The fourth-order valence-corrected chi connectivity index (χ4v) is 2.86. The molecule has 1 saturated carbocycles. The summed E-state index contributed by atoms with van der Waals surface area (Å²) in [7, 11) is 1.40. The summed E-state index contributed by atoms with van der Waals surface area (Å²) in [6.45, 7) is 1.23. The van der Waals surface area contributed by atoms with Crippen LogP contribution in [0.5, 0.6) is 0 Å². The molecular weight excluding hydrogens is 232 g/mol. The second-order valence-electron chi connectivity index (χ2n) is 5.24. The lowest BCUT2D eigenvalue weighted by Gasteiger charge is -2.32. The number of esters is 1. The molecule has 0 aromatic carbocycles. The summed E-state index contributed by atoms with van der Waals surface area (Å²) in [6, 6.07) is 0.312. The van der Waals surface area contributed by atoms with Crippen molar-refractivity contribution in [3.63, 3.8) is 0 Å². The summed E-state index contributed by atoms with van der Waals surface area (Å²) in [6.07, 6.45) is 6.27. The summed E-state index contributed by atoms with van der Waals surface area (Å²) in [5.41, 5.74) is 0. The van der Waals surface area contributed by atoms with Gasteiger partial charge < -0.3 is 15.0 Å². The molecule has 18 heavy (non-hydrogen) atoms. The van der Waals surface area contributed by atoms with Gasteiger partial charge in [-0.3, -0.25) is 4.79 Å². The average molecular weight is 254 g/mol. The average Bonchev–Trinajstić information content (AvgIpc) is 2.90. The Hall–Kier alpha value is -1.26. The van der Waals surface area contributed by atoms with Gasteiger partial charge in [-0.1, -0.05) is 12.8 Å². The van der Waals surface area contributed by atoms with Gasteiger partial charge in [-0.25, -0.2) is 4.79 Å². The number of likely N-dealkylation sites (tertiary alicyclic amines) is 1. The molecule has 102 valence electrons. The zero-order chi connectivity index (χ0) is 13.0. The highest BCUT2D eigenvalue weighted by atomic mass is 16.5. The Bertz CT molecular complexity index is 313. The molecule has 1 atom stereocenters. The third-order valence-corrected chi connectivity index (χ3v) is 3.93. The van der Waals surface area contributed by atoms with Gasteiger partial charge in [0.05, 0.1) is 13.0 Å². The molecular formula is C13H22N2O3. The van der Waals surface area contributed by atoms with Crippen LogP contribution in [0.3, 0.4) is 0 Å². The molecule has 2 rings (SSSR count). The van der Waals surface area contributed by atoms with E-state index in [-0.39, 0.29) is 17.9 Å². The summed E-state index contributed by atoms with van der Waals surface area (Å²) in [4.78, 5) is 25.3. The van der Waals surface area contributed by atoms with Crippen molar-refractivity contribution in [1.29, 1.82) is 0 Å². The van der Waals surface area contributed by atoms with Gasteiger partial charge in [0.15, 0.2) is 0 Å². The number of carbonyl (C=O) groups excluding carboxylic acids is 2. The summed E-state index contributed by atoms with van der Waals surface area (Å²) in [5, 5.41) is 3.06. The molecule has 0 spiro atoms. The number of piperidine rings is 1. The molecule has 0 aromatic rings. The van der Waals surface area contributed by atoms with Gasteiger partial charge >= 0.3 is 12.0 Å². The van der Waals surface area contributed by atoms with E-state index in [4.69, 9.17) is 4.74 Å². The second-order valence-corrected chi connectivity index (χ2v) is 5.24. The van der Waals surface area contributed by atoms with Crippen molar-refractivity contribution < 1.29 is 14.3 Å². The Balaban J connectivity index is 1.83. The van der Waals surface area contributed by atoms with E-state index in [1.807, 2.05) is 0 Å². The van der Waals surface area contributed by atoms with E-state index in [1.165, 1.54) is 20.0 Å². The van der Waals surface area contributed by atoms with Gasteiger partial charge in [0.25, 0.3) is 0 Å². The highest BCUT2D eigenvalue weighted by Crippen LogP contribution is 2.20. The number of hydrogen-bond donors (Lipinski definition) is 1. The molecule has 0 bridgehead atoms. The molecule has 0 radical (unpaired) electrons. The minimum Gasteiger partial charge on any atom is -0.469 e. The minimum absolute atomic E-state index is 0.0181. The SMILES string of the molecule is COC(=O)C1CCCN(C(=O)NC2CCCC2)C1. The summed E-state index contributed by atoms with van der Waals surface area (Å²) < 4.78 is 4.75. The Morgan fingerprint density at radius 2 is 1.89 bits per heavy atom. The van der Waals surface area contributed by atoms with Crippen LogP contribution in [0.25, 0.3) is 0 Å².